The van der Waals surface area contributed by atoms with Crippen LogP contribution in [0.1, 0.15) is 62.2 Å². The molecule has 0 aliphatic carbocycles. The maximum absolute atomic E-state index is 12.4. The molecule has 0 spiro atoms. The van der Waals surface area contributed by atoms with Crippen molar-refractivity contribution in [2.75, 3.05) is 6.54 Å². The minimum atomic E-state index is 0.335. The second-order valence-corrected chi connectivity index (χ2v) is 6.81. The summed E-state index contributed by atoms with van der Waals surface area (Å²) in [4.78, 5) is 15.1. The van der Waals surface area contributed by atoms with Gasteiger partial charge < -0.3 is 0 Å². The molecule has 1 aromatic rings. The highest BCUT2D eigenvalue weighted by Gasteiger charge is 2.40. The molecule has 2 unspecified atom stereocenters. The smallest absolute Gasteiger partial charge is 0.163 e. The van der Waals surface area contributed by atoms with Crippen LogP contribution in [-0.2, 0) is 0 Å². The monoisotopic (exact) mass is 285 g/mol. The fourth-order valence-corrected chi connectivity index (χ4v) is 4.26. The van der Waals surface area contributed by atoms with E-state index in [1.807, 2.05) is 30.3 Å². The Morgan fingerprint density at radius 3 is 2.43 bits per heavy atom. The van der Waals surface area contributed by atoms with Crippen molar-refractivity contribution >= 4 is 5.78 Å². The number of ketones is 1. The van der Waals surface area contributed by atoms with Gasteiger partial charge in [-0.2, -0.15) is 0 Å². The molecule has 0 saturated carbocycles. The van der Waals surface area contributed by atoms with Gasteiger partial charge in [0.2, 0.25) is 0 Å². The van der Waals surface area contributed by atoms with E-state index in [4.69, 9.17) is 0 Å². The Kier molecular flexibility index (Phi) is 4.74. The van der Waals surface area contributed by atoms with Crippen LogP contribution in [0.2, 0.25) is 0 Å². The minimum absolute atomic E-state index is 0.335. The van der Waals surface area contributed by atoms with Gasteiger partial charge in [0.15, 0.2) is 5.78 Å². The Morgan fingerprint density at radius 1 is 1.14 bits per heavy atom. The molecule has 21 heavy (non-hydrogen) atoms. The Balaban J connectivity index is 1.57. The normalized spacial score (nSPS) is 28.7. The lowest BCUT2D eigenvalue weighted by atomic mass is 9.85. The lowest BCUT2D eigenvalue weighted by Crippen LogP contribution is -2.43. The summed E-state index contributed by atoms with van der Waals surface area (Å²) in [5.74, 6) is 0.940. The van der Waals surface area contributed by atoms with Gasteiger partial charge in [0.05, 0.1) is 0 Å². The van der Waals surface area contributed by atoms with E-state index in [2.05, 4.69) is 11.8 Å². The molecule has 0 radical (unpaired) electrons. The van der Waals surface area contributed by atoms with Crippen LogP contribution in [-0.4, -0.2) is 29.3 Å². The molecule has 2 heteroatoms. The number of rotatable bonds is 6. The summed E-state index contributed by atoms with van der Waals surface area (Å²) in [5.41, 5.74) is 0.887. The van der Waals surface area contributed by atoms with Crippen molar-refractivity contribution in [1.29, 1.82) is 0 Å². The van der Waals surface area contributed by atoms with Gasteiger partial charge in [-0.3, -0.25) is 9.69 Å². The molecule has 2 saturated heterocycles. The zero-order valence-electron chi connectivity index (χ0n) is 13.1. The highest BCUT2D eigenvalue weighted by Crippen LogP contribution is 2.40. The quantitative estimate of drug-likeness (QED) is 0.726. The molecule has 114 valence electrons. The highest BCUT2D eigenvalue weighted by atomic mass is 16.1. The van der Waals surface area contributed by atoms with Crippen LogP contribution in [0.4, 0.5) is 0 Å². The van der Waals surface area contributed by atoms with Gasteiger partial charge in [0, 0.05) is 24.1 Å². The molecule has 2 atom stereocenters. The van der Waals surface area contributed by atoms with E-state index >= 15 is 0 Å². The van der Waals surface area contributed by atoms with Crippen molar-refractivity contribution in [2.24, 2.45) is 5.92 Å². The molecule has 0 amide bonds. The van der Waals surface area contributed by atoms with E-state index in [0.29, 0.717) is 11.7 Å². The van der Waals surface area contributed by atoms with Crippen LogP contribution < -0.4 is 0 Å². The van der Waals surface area contributed by atoms with Crippen LogP contribution >= 0.6 is 0 Å². The molecular weight excluding hydrogens is 258 g/mol. The van der Waals surface area contributed by atoms with Crippen molar-refractivity contribution < 1.29 is 4.79 Å². The number of hydrogen-bond acceptors (Lipinski definition) is 2. The first-order valence-electron chi connectivity index (χ1n) is 8.62. The van der Waals surface area contributed by atoms with E-state index in [0.717, 1.165) is 24.1 Å². The molecular formula is C19H27NO. The van der Waals surface area contributed by atoms with Crippen molar-refractivity contribution in [3.05, 3.63) is 35.9 Å². The first kappa shape index (κ1) is 14.8. The zero-order chi connectivity index (χ0) is 14.7. The Bertz CT molecular complexity index is 456. The van der Waals surface area contributed by atoms with Crippen LogP contribution in [0.25, 0.3) is 0 Å². The lowest BCUT2D eigenvalue weighted by Gasteiger charge is -2.39. The number of piperidine rings is 1. The van der Waals surface area contributed by atoms with Gasteiger partial charge in [-0.25, -0.2) is 0 Å². The van der Waals surface area contributed by atoms with Crippen molar-refractivity contribution in [3.8, 4) is 0 Å². The maximum atomic E-state index is 12.4. The van der Waals surface area contributed by atoms with Crippen molar-refractivity contribution in [3.63, 3.8) is 0 Å². The number of carbonyl (C=O) groups is 1. The summed E-state index contributed by atoms with van der Waals surface area (Å²) in [6.45, 7) is 3.54. The number of nitrogens with zero attached hydrogens (tertiary/aromatic N) is 1. The van der Waals surface area contributed by atoms with E-state index in [1.54, 1.807) is 0 Å². The summed E-state index contributed by atoms with van der Waals surface area (Å²) in [6.07, 6.45) is 8.53. The number of hydrogen-bond donors (Lipinski definition) is 0. The third kappa shape index (κ3) is 3.37. The Hall–Kier alpha value is -1.15. The zero-order valence-corrected chi connectivity index (χ0v) is 13.1. The predicted octanol–water partition coefficient (Wildman–Crippen LogP) is 4.30. The van der Waals surface area contributed by atoms with Gasteiger partial charge in [-0.05, 0) is 44.6 Å². The van der Waals surface area contributed by atoms with E-state index in [9.17, 15) is 4.79 Å². The molecule has 0 N–H and O–H groups in total. The second-order valence-electron chi connectivity index (χ2n) is 6.81. The largest absolute Gasteiger partial charge is 0.297 e. The van der Waals surface area contributed by atoms with Crippen molar-refractivity contribution in [1.82, 2.24) is 4.90 Å². The summed E-state index contributed by atoms with van der Waals surface area (Å²) in [7, 11) is 0. The van der Waals surface area contributed by atoms with Gasteiger partial charge in [0.25, 0.3) is 0 Å². The molecule has 2 bridgehead atoms. The third-order valence-corrected chi connectivity index (χ3v) is 5.32. The molecule has 0 aromatic heterocycles. The van der Waals surface area contributed by atoms with Crippen molar-refractivity contribution in [2.45, 2.75) is 64.0 Å². The Labute approximate surface area is 128 Å². The SMILES string of the molecule is CCCCN1C2CCC1CC(CC(=O)c1ccccc1)C2. The van der Waals surface area contributed by atoms with Crippen LogP contribution in [0, 0.1) is 5.92 Å². The van der Waals surface area contributed by atoms with Crippen LogP contribution in [0.15, 0.2) is 30.3 Å². The fraction of sp³-hybridized carbons (Fsp3) is 0.632. The third-order valence-electron chi connectivity index (χ3n) is 5.32. The molecule has 2 aliphatic heterocycles. The molecule has 2 heterocycles. The molecule has 1 aromatic carbocycles. The molecule has 2 fully saturated rings. The van der Waals surface area contributed by atoms with Crippen LogP contribution in [0.3, 0.4) is 0 Å². The van der Waals surface area contributed by atoms with Crippen LogP contribution in [0.5, 0.6) is 0 Å². The molecule has 2 aliphatic rings. The van der Waals surface area contributed by atoms with E-state index in [1.165, 1.54) is 45.1 Å². The average Bonchev–Trinajstić information content (AvgIpc) is 2.75. The Morgan fingerprint density at radius 2 is 1.81 bits per heavy atom. The number of carbonyl (C=O) groups excluding carboxylic acids is 1. The second kappa shape index (κ2) is 6.74. The highest BCUT2D eigenvalue weighted by molar-refractivity contribution is 5.96. The number of benzene rings is 1. The lowest BCUT2D eigenvalue weighted by molar-refractivity contribution is 0.0811. The number of unbranched alkanes of at least 4 members (excludes halogenated alkanes) is 1. The average molecular weight is 285 g/mol. The fourth-order valence-electron chi connectivity index (χ4n) is 4.26. The summed E-state index contributed by atoms with van der Waals surface area (Å²) in [6, 6.07) is 11.3. The minimum Gasteiger partial charge on any atom is -0.297 e. The molecule has 2 nitrogen and oxygen atoms in total. The van der Waals surface area contributed by atoms with Gasteiger partial charge in [0.1, 0.15) is 0 Å². The van der Waals surface area contributed by atoms with E-state index < -0.39 is 0 Å². The van der Waals surface area contributed by atoms with E-state index in [-0.39, 0.29) is 0 Å². The number of Topliss-reactive ketones (excluding diaryl/α,β-unsaturated/α-hetero) is 1. The predicted molar refractivity (Wildman–Crippen MR) is 86.5 cm³/mol. The summed E-state index contributed by atoms with van der Waals surface area (Å²) >= 11 is 0. The maximum Gasteiger partial charge on any atom is 0.163 e. The first-order valence-corrected chi connectivity index (χ1v) is 8.62. The topological polar surface area (TPSA) is 20.3 Å². The first-order chi connectivity index (χ1) is 10.3. The number of fused-ring (bicyclic) bond motifs is 2. The standard InChI is InChI=1S/C19H27NO/c1-2-3-11-20-17-9-10-18(20)13-15(12-17)14-19(21)16-7-5-4-6-8-16/h4-8,15,17-18H,2-3,9-14H2,1H3. The molecule has 3 rings (SSSR count). The van der Waals surface area contributed by atoms with Gasteiger partial charge in [-0.15, -0.1) is 0 Å². The summed E-state index contributed by atoms with van der Waals surface area (Å²) < 4.78 is 0. The summed E-state index contributed by atoms with van der Waals surface area (Å²) in [5, 5.41) is 0. The van der Waals surface area contributed by atoms with Gasteiger partial charge in [-0.1, -0.05) is 43.7 Å². The van der Waals surface area contributed by atoms with Gasteiger partial charge >= 0.3 is 0 Å².